The fourth-order valence-corrected chi connectivity index (χ4v) is 2.14. The highest BCUT2D eigenvalue weighted by atomic mass is 19.1. The number of hydrogen-bond donors (Lipinski definition) is 1. The summed E-state index contributed by atoms with van der Waals surface area (Å²) in [5, 5.41) is 0. The normalized spacial score (nSPS) is 25.9. The Morgan fingerprint density at radius 2 is 1.79 bits per heavy atom. The molecular formula is C12H16FN. The molecule has 0 bridgehead atoms. The van der Waals surface area contributed by atoms with Gasteiger partial charge in [0.05, 0.1) is 0 Å². The van der Waals surface area contributed by atoms with Crippen LogP contribution in [-0.2, 0) is 6.42 Å². The van der Waals surface area contributed by atoms with Gasteiger partial charge in [0.1, 0.15) is 5.82 Å². The van der Waals surface area contributed by atoms with E-state index in [0.29, 0.717) is 5.92 Å². The second kappa shape index (κ2) is 4.09. The topological polar surface area (TPSA) is 26.0 Å². The third kappa shape index (κ3) is 1.95. The van der Waals surface area contributed by atoms with Crippen molar-refractivity contribution in [3.05, 3.63) is 35.6 Å². The number of benzene rings is 1. The fraction of sp³-hybridized carbons (Fsp3) is 0.500. The zero-order valence-corrected chi connectivity index (χ0v) is 8.25. The van der Waals surface area contributed by atoms with E-state index in [1.165, 1.54) is 30.5 Å². The van der Waals surface area contributed by atoms with Gasteiger partial charge in [0.25, 0.3) is 0 Å². The summed E-state index contributed by atoms with van der Waals surface area (Å²) < 4.78 is 12.6. The van der Waals surface area contributed by atoms with Gasteiger partial charge in [-0.25, -0.2) is 4.39 Å². The summed E-state index contributed by atoms with van der Waals surface area (Å²) in [7, 11) is 0. The zero-order valence-electron chi connectivity index (χ0n) is 8.25. The van der Waals surface area contributed by atoms with Gasteiger partial charge in [0, 0.05) is 0 Å². The lowest BCUT2D eigenvalue weighted by molar-refractivity contribution is 0.183. The second-order valence-electron chi connectivity index (χ2n) is 4.16. The van der Waals surface area contributed by atoms with Crippen molar-refractivity contribution in [2.24, 2.45) is 17.6 Å². The van der Waals surface area contributed by atoms with Gasteiger partial charge in [0.15, 0.2) is 0 Å². The molecule has 2 heteroatoms. The maximum atomic E-state index is 12.6. The van der Waals surface area contributed by atoms with Gasteiger partial charge in [-0.3, -0.25) is 0 Å². The van der Waals surface area contributed by atoms with Gasteiger partial charge < -0.3 is 5.73 Å². The number of rotatable bonds is 3. The van der Waals surface area contributed by atoms with E-state index in [1.54, 1.807) is 0 Å². The molecule has 1 aromatic carbocycles. The van der Waals surface area contributed by atoms with Gasteiger partial charge in [-0.2, -0.15) is 0 Å². The fourth-order valence-electron chi connectivity index (χ4n) is 2.14. The van der Waals surface area contributed by atoms with Gasteiger partial charge in [-0.1, -0.05) is 12.1 Å². The standard InChI is InChI=1S/C12H16FN/c13-12-5-1-9(2-6-12)7-10-3-4-11(10)8-14/h1-2,5-6,10-11H,3-4,7-8,14H2. The summed E-state index contributed by atoms with van der Waals surface area (Å²) in [6, 6.07) is 6.82. The molecule has 14 heavy (non-hydrogen) atoms. The monoisotopic (exact) mass is 193 g/mol. The highest BCUT2D eigenvalue weighted by Gasteiger charge is 2.29. The minimum atomic E-state index is -0.155. The number of hydrogen-bond acceptors (Lipinski definition) is 1. The summed E-state index contributed by atoms with van der Waals surface area (Å²) in [5.41, 5.74) is 6.87. The molecule has 2 atom stereocenters. The van der Waals surface area contributed by atoms with Crippen LogP contribution in [0, 0.1) is 17.7 Å². The Morgan fingerprint density at radius 1 is 1.14 bits per heavy atom. The maximum Gasteiger partial charge on any atom is 0.123 e. The Morgan fingerprint density at radius 3 is 2.29 bits per heavy atom. The number of halogens is 1. The first-order chi connectivity index (χ1) is 6.79. The third-order valence-electron chi connectivity index (χ3n) is 3.29. The zero-order chi connectivity index (χ0) is 9.97. The summed E-state index contributed by atoms with van der Waals surface area (Å²) in [6.45, 7) is 0.797. The lowest BCUT2D eigenvalue weighted by Crippen LogP contribution is -2.33. The van der Waals surface area contributed by atoms with Crippen molar-refractivity contribution < 1.29 is 4.39 Å². The van der Waals surface area contributed by atoms with Gasteiger partial charge >= 0.3 is 0 Å². The highest BCUT2D eigenvalue weighted by molar-refractivity contribution is 5.17. The molecular weight excluding hydrogens is 177 g/mol. The van der Waals surface area contributed by atoms with Gasteiger partial charge in [-0.15, -0.1) is 0 Å². The van der Waals surface area contributed by atoms with Crippen LogP contribution >= 0.6 is 0 Å². The molecule has 1 saturated carbocycles. The van der Waals surface area contributed by atoms with E-state index in [9.17, 15) is 4.39 Å². The van der Waals surface area contributed by atoms with E-state index in [4.69, 9.17) is 5.73 Å². The van der Waals surface area contributed by atoms with Crippen LogP contribution in [0.1, 0.15) is 18.4 Å². The molecule has 0 amide bonds. The largest absolute Gasteiger partial charge is 0.330 e. The van der Waals surface area contributed by atoms with Crippen molar-refractivity contribution in [2.45, 2.75) is 19.3 Å². The minimum Gasteiger partial charge on any atom is -0.330 e. The Hall–Kier alpha value is -0.890. The molecule has 1 aliphatic carbocycles. The van der Waals surface area contributed by atoms with Crippen LogP contribution in [0.15, 0.2) is 24.3 Å². The lowest BCUT2D eigenvalue weighted by atomic mass is 9.71. The summed E-state index contributed by atoms with van der Waals surface area (Å²) in [5.74, 6) is 1.27. The van der Waals surface area contributed by atoms with Crippen molar-refractivity contribution in [1.82, 2.24) is 0 Å². The van der Waals surface area contributed by atoms with E-state index >= 15 is 0 Å². The molecule has 0 spiro atoms. The van der Waals surface area contributed by atoms with E-state index in [0.717, 1.165) is 18.9 Å². The summed E-state index contributed by atoms with van der Waals surface area (Å²) in [6.07, 6.45) is 3.60. The van der Waals surface area contributed by atoms with Crippen molar-refractivity contribution >= 4 is 0 Å². The summed E-state index contributed by atoms with van der Waals surface area (Å²) >= 11 is 0. The Labute approximate surface area is 84.1 Å². The second-order valence-corrected chi connectivity index (χ2v) is 4.16. The summed E-state index contributed by atoms with van der Waals surface area (Å²) in [4.78, 5) is 0. The van der Waals surface area contributed by atoms with Gasteiger partial charge in [-0.05, 0) is 55.3 Å². The molecule has 0 aliphatic heterocycles. The maximum absolute atomic E-state index is 12.6. The molecule has 0 saturated heterocycles. The first-order valence-electron chi connectivity index (χ1n) is 5.24. The first kappa shape index (κ1) is 9.66. The molecule has 1 nitrogen and oxygen atoms in total. The smallest absolute Gasteiger partial charge is 0.123 e. The predicted octanol–water partition coefficient (Wildman–Crippen LogP) is 2.35. The van der Waals surface area contributed by atoms with Crippen LogP contribution in [0.3, 0.4) is 0 Å². The SMILES string of the molecule is NCC1CCC1Cc1ccc(F)cc1. The Bertz CT molecular complexity index is 292. The third-order valence-corrected chi connectivity index (χ3v) is 3.29. The van der Waals surface area contributed by atoms with Crippen molar-refractivity contribution in [3.8, 4) is 0 Å². The predicted molar refractivity (Wildman–Crippen MR) is 55.4 cm³/mol. The van der Waals surface area contributed by atoms with Crippen LogP contribution in [0.4, 0.5) is 4.39 Å². The molecule has 76 valence electrons. The lowest BCUT2D eigenvalue weighted by Gasteiger charge is -2.36. The average Bonchev–Trinajstić information content (AvgIpc) is 2.16. The first-order valence-corrected chi connectivity index (χ1v) is 5.24. The van der Waals surface area contributed by atoms with E-state index in [2.05, 4.69) is 0 Å². The minimum absolute atomic E-state index is 0.155. The quantitative estimate of drug-likeness (QED) is 0.783. The van der Waals surface area contributed by atoms with E-state index < -0.39 is 0 Å². The van der Waals surface area contributed by atoms with Crippen LogP contribution < -0.4 is 5.73 Å². The van der Waals surface area contributed by atoms with Crippen LogP contribution in [-0.4, -0.2) is 6.54 Å². The van der Waals surface area contributed by atoms with Gasteiger partial charge in [0.2, 0.25) is 0 Å². The molecule has 0 heterocycles. The Kier molecular flexibility index (Phi) is 2.82. The molecule has 0 aromatic heterocycles. The molecule has 2 N–H and O–H groups in total. The number of nitrogens with two attached hydrogens (primary N) is 1. The van der Waals surface area contributed by atoms with Crippen LogP contribution in [0.5, 0.6) is 0 Å². The van der Waals surface area contributed by atoms with Crippen molar-refractivity contribution in [2.75, 3.05) is 6.54 Å². The average molecular weight is 193 g/mol. The van der Waals surface area contributed by atoms with Crippen molar-refractivity contribution in [1.29, 1.82) is 0 Å². The molecule has 2 rings (SSSR count). The van der Waals surface area contributed by atoms with E-state index in [-0.39, 0.29) is 5.82 Å². The molecule has 1 aliphatic rings. The highest BCUT2D eigenvalue weighted by Crippen LogP contribution is 2.35. The van der Waals surface area contributed by atoms with Crippen molar-refractivity contribution in [3.63, 3.8) is 0 Å². The molecule has 0 radical (unpaired) electrons. The van der Waals surface area contributed by atoms with E-state index in [1.807, 2.05) is 12.1 Å². The molecule has 2 unspecified atom stereocenters. The Balaban J connectivity index is 1.94. The van der Waals surface area contributed by atoms with Crippen LogP contribution in [0.2, 0.25) is 0 Å². The van der Waals surface area contributed by atoms with Crippen LogP contribution in [0.25, 0.3) is 0 Å². The molecule has 1 fully saturated rings. The molecule has 1 aromatic rings.